The number of benzene rings is 1. The summed E-state index contributed by atoms with van der Waals surface area (Å²) in [4.78, 5) is 0. The Balaban J connectivity index is 2.51. The number of anilines is 1. The molecule has 0 aliphatic heterocycles. The van der Waals surface area contributed by atoms with Crippen LogP contribution in [-0.4, -0.2) is 26.0 Å². The molecule has 0 bridgehead atoms. The Hall–Kier alpha value is -1.72. The van der Waals surface area contributed by atoms with Crippen LogP contribution >= 0.6 is 11.6 Å². The second-order valence-electron chi connectivity index (χ2n) is 3.96. The van der Waals surface area contributed by atoms with E-state index < -0.39 is 0 Å². The van der Waals surface area contributed by atoms with Gasteiger partial charge >= 0.3 is 0 Å². The Morgan fingerprint density at radius 1 is 1.37 bits per heavy atom. The predicted molar refractivity (Wildman–Crippen MR) is 73.5 cm³/mol. The van der Waals surface area contributed by atoms with E-state index in [1.807, 2.05) is 0 Å². The smallest absolute Gasteiger partial charge is 0.230 e. The summed E-state index contributed by atoms with van der Waals surface area (Å²) >= 11 is 6.03. The number of nitrogen functional groups attached to an aromatic ring is 1. The van der Waals surface area contributed by atoms with E-state index in [2.05, 4.69) is 5.16 Å². The fourth-order valence-electron chi connectivity index (χ4n) is 1.87. The monoisotopic (exact) mass is 282 g/mol. The summed E-state index contributed by atoms with van der Waals surface area (Å²) in [6.45, 7) is 0.530. The molecule has 1 aromatic heterocycles. The zero-order valence-electron chi connectivity index (χ0n) is 10.8. The Morgan fingerprint density at radius 3 is 2.84 bits per heavy atom. The van der Waals surface area contributed by atoms with Crippen LogP contribution in [0.5, 0.6) is 5.75 Å². The molecule has 5 nitrogen and oxygen atoms in total. The minimum atomic E-state index is 0.242. The molecule has 2 rings (SSSR count). The van der Waals surface area contributed by atoms with Crippen LogP contribution in [0.15, 0.2) is 22.7 Å². The van der Waals surface area contributed by atoms with Crippen molar-refractivity contribution in [2.75, 3.05) is 26.6 Å². The van der Waals surface area contributed by atoms with Gasteiger partial charge in [0.15, 0.2) is 0 Å². The summed E-state index contributed by atoms with van der Waals surface area (Å²) in [5, 5.41) is 4.55. The number of ether oxygens (including phenoxy) is 2. The zero-order chi connectivity index (χ0) is 13.8. The van der Waals surface area contributed by atoms with Crippen LogP contribution in [-0.2, 0) is 11.2 Å². The van der Waals surface area contributed by atoms with E-state index in [0.29, 0.717) is 29.4 Å². The topological polar surface area (TPSA) is 70.5 Å². The van der Waals surface area contributed by atoms with E-state index in [1.54, 1.807) is 32.4 Å². The van der Waals surface area contributed by atoms with Crippen molar-refractivity contribution in [3.8, 4) is 16.9 Å². The highest BCUT2D eigenvalue weighted by molar-refractivity contribution is 6.31. The highest BCUT2D eigenvalue weighted by Gasteiger charge is 2.19. The maximum Gasteiger partial charge on any atom is 0.230 e. The lowest BCUT2D eigenvalue weighted by atomic mass is 10.0. The Labute approximate surface area is 116 Å². The molecule has 0 amide bonds. The number of halogens is 1. The van der Waals surface area contributed by atoms with Crippen molar-refractivity contribution in [1.82, 2.24) is 5.16 Å². The van der Waals surface area contributed by atoms with Crippen LogP contribution in [0.1, 0.15) is 5.69 Å². The molecule has 2 N–H and O–H groups in total. The van der Waals surface area contributed by atoms with E-state index in [9.17, 15) is 0 Å². The fourth-order valence-corrected chi connectivity index (χ4v) is 2.04. The van der Waals surface area contributed by atoms with Gasteiger partial charge in [-0.05, 0) is 18.2 Å². The predicted octanol–water partition coefficient (Wildman–Crippen LogP) is 2.77. The lowest BCUT2D eigenvalue weighted by molar-refractivity contribution is 0.200. The highest BCUT2D eigenvalue weighted by Crippen LogP contribution is 2.38. The van der Waals surface area contributed by atoms with Gasteiger partial charge < -0.3 is 19.7 Å². The Bertz CT molecular complexity index is 569. The number of aromatic nitrogens is 1. The number of nitrogens with two attached hydrogens (primary N) is 1. The van der Waals surface area contributed by atoms with Crippen molar-refractivity contribution in [3.05, 3.63) is 28.9 Å². The van der Waals surface area contributed by atoms with Gasteiger partial charge in [0.2, 0.25) is 5.88 Å². The van der Waals surface area contributed by atoms with Crippen molar-refractivity contribution >= 4 is 17.5 Å². The molecule has 2 aromatic rings. The van der Waals surface area contributed by atoms with E-state index in [1.165, 1.54) is 0 Å². The highest BCUT2D eigenvalue weighted by atomic mass is 35.5. The van der Waals surface area contributed by atoms with Gasteiger partial charge in [-0.3, -0.25) is 0 Å². The molecule has 19 heavy (non-hydrogen) atoms. The standard InChI is InChI=1S/C13H15ClN2O3/c1-17-6-5-10-12(13(15)19-16-10)9-7-8(14)3-4-11(9)18-2/h3-4,7H,5-6,15H2,1-2H3. The van der Waals surface area contributed by atoms with Crippen LogP contribution in [0, 0.1) is 0 Å². The largest absolute Gasteiger partial charge is 0.496 e. The molecule has 1 aromatic carbocycles. The number of hydrogen-bond donors (Lipinski definition) is 1. The lowest BCUT2D eigenvalue weighted by Crippen LogP contribution is -1.98. The molecule has 6 heteroatoms. The first kappa shape index (κ1) is 13.7. The number of hydrogen-bond acceptors (Lipinski definition) is 5. The van der Waals surface area contributed by atoms with E-state index in [0.717, 1.165) is 11.3 Å². The van der Waals surface area contributed by atoms with Gasteiger partial charge in [-0.1, -0.05) is 16.8 Å². The second-order valence-corrected chi connectivity index (χ2v) is 4.39. The van der Waals surface area contributed by atoms with E-state index >= 15 is 0 Å². The molecule has 0 radical (unpaired) electrons. The molecular formula is C13H15ClN2O3. The number of methoxy groups -OCH3 is 2. The third-order valence-corrected chi connectivity index (χ3v) is 3.00. The SMILES string of the molecule is COCCc1noc(N)c1-c1cc(Cl)ccc1OC. The maximum atomic E-state index is 6.03. The van der Waals surface area contributed by atoms with Crippen LogP contribution < -0.4 is 10.5 Å². The summed E-state index contributed by atoms with van der Waals surface area (Å²) in [6, 6.07) is 5.31. The lowest BCUT2D eigenvalue weighted by Gasteiger charge is -2.09. The number of nitrogens with zero attached hydrogens (tertiary/aromatic N) is 1. The van der Waals surface area contributed by atoms with Gasteiger partial charge in [0.1, 0.15) is 5.75 Å². The summed E-state index contributed by atoms with van der Waals surface area (Å²) in [5.41, 5.74) is 8.04. The molecule has 0 atom stereocenters. The Kier molecular flexibility index (Phi) is 4.29. The van der Waals surface area contributed by atoms with Crippen molar-refractivity contribution in [2.45, 2.75) is 6.42 Å². The molecule has 0 aliphatic rings. The van der Waals surface area contributed by atoms with Crippen LogP contribution in [0.4, 0.5) is 5.88 Å². The maximum absolute atomic E-state index is 6.03. The second kappa shape index (κ2) is 5.95. The molecule has 0 spiro atoms. The summed E-state index contributed by atoms with van der Waals surface area (Å²) in [7, 11) is 3.22. The quantitative estimate of drug-likeness (QED) is 0.913. The van der Waals surface area contributed by atoms with Crippen molar-refractivity contribution in [2.24, 2.45) is 0 Å². The van der Waals surface area contributed by atoms with E-state index in [-0.39, 0.29) is 5.88 Å². The zero-order valence-corrected chi connectivity index (χ0v) is 11.5. The summed E-state index contributed by atoms with van der Waals surface area (Å²) in [6.07, 6.45) is 0.599. The van der Waals surface area contributed by atoms with Gasteiger partial charge in [-0.15, -0.1) is 0 Å². The van der Waals surface area contributed by atoms with Gasteiger partial charge in [0.25, 0.3) is 0 Å². The normalized spacial score (nSPS) is 10.7. The van der Waals surface area contributed by atoms with Crippen molar-refractivity contribution in [1.29, 1.82) is 0 Å². The molecule has 1 heterocycles. The average molecular weight is 283 g/mol. The molecule has 0 aliphatic carbocycles. The third-order valence-electron chi connectivity index (χ3n) is 2.76. The summed E-state index contributed by atoms with van der Waals surface area (Å²) in [5.74, 6) is 0.907. The van der Waals surface area contributed by atoms with Gasteiger partial charge in [0, 0.05) is 24.1 Å². The minimum absolute atomic E-state index is 0.242. The van der Waals surface area contributed by atoms with Crippen LogP contribution in [0.25, 0.3) is 11.1 Å². The molecule has 0 fully saturated rings. The minimum Gasteiger partial charge on any atom is -0.496 e. The molecule has 0 unspecified atom stereocenters. The summed E-state index contributed by atoms with van der Waals surface area (Å²) < 4.78 is 15.4. The van der Waals surface area contributed by atoms with Crippen LogP contribution in [0.2, 0.25) is 5.02 Å². The third kappa shape index (κ3) is 2.83. The fraction of sp³-hybridized carbons (Fsp3) is 0.308. The Morgan fingerprint density at radius 2 is 2.16 bits per heavy atom. The van der Waals surface area contributed by atoms with Gasteiger partial charge in [-0.2, -0.15) is 0 Å². The van der Waals surface area contributed by atoms with Gasteiger partial charge in [0.05, 0.1) is 25.0 Å². The number of rotatable bonds is 5. The molecule has 0 saturated heterocycles. The molecular weight excluding hydrogens is 268 g/mol. The average Bonchev–Trinajstić information content (AvgIpc) is 2.77. The molecule has 0 saturated carbocycles. The molecule has 102 valence electrons. The van der Waals surface area contributed by atoms with Gasteiger partial charge in [-0.25, -0.2) is 0 Å². The van der Waals surface area contributed by atoms with Crippen LogP contribution in [0.3, 0.4) is 0 Å². The van der Waals surface area contributed by atoms with Crippen molar-refractivity contribution in [3.63, 3.8) is 0 Å². The first-order valence-electron chi connectivity index (χ1n) is 5.74. The van der Waals surface area contributed by atoms with E-state index in [4.69, 9.17) is 31.3 Å². The first-order chi connectivity index (χ1) is 9.17. The van der Waals surface area contributed by atoms with Crippen molar-refractivity contribution < 1.29 is 14.0 Å². The first-order valence-corrected chi connectivity index (χ1v) is 6.12.